The molecule has 3 aliphatic heterocycles. The van der Waals surface area contributed by atoms with Crippen molar-refractivity contribution in [2.24, 2.45) is 0 Å². The summed E-state index contributed by atoms with van der Waals surface area (Å²) in [6.07, 6.45) is 0.829. The summed E-state index contributed by atoms with van der Waals surface area (Å²) in [5.41, 5.74) is 1.12. The SMILES string of the molecule is O=C1CCCN1CCOc1ccc(CN2C[C@H](O)[C@@H](N3CCC(F)(F)CC3)C2)cc1. The molecule has 6 nitrogen and oxygen atoms in total. The molecule has 1 amide bonds. The standard InChI is InChI=1S/C22H31F2N3O3/c23-22(24)7-10-26(11-8-22)19-15-25(16-20(19)28)14-17-3-5-18(6-4-17)30-13-12-27-9-1-2-21(27)29/h3-6,19-20,28H,1-2,7-16H2/t19-,20-/m0/s1. The number of carbonyl (C=O) groups excluding carboxylic acids is 1. The van der Waals surface area contributed by atoms with Crippen LogP contribution >= 0.6 is 0 Å². The molecule has 3 heterocycles. The lowest BCUT2D eigenvalue weighted by molar-refractivity contribution is -0.128. The second-order valence-electron chi connectivity index (χ2n) is 8.70. The van der Waals surface area contributed by atoms with Gasteiger partial charge in [0.25, 0.3) is 5.92 Å². The van der Waals surface area contributed by atoms with Crippen molar-refractivity contribution in [3.8, 4) is 5.75 Å². The van der Waals surface area contributed by atoms with Crippen LogP contribution in [0, 0.1) is 0 Å². The van der Waals surface area contributed by atoms with E-state index in [0.717, 1.165) is 24.3 Å². The highest BCUT2D eigenvalue weighted by molar-refractivity contribution is 5.78. The maximum absolute atomic E-state index is 13.4. The van der Waals surface area contributed by atoms with Crippen LogP contribution < -0.4 is 4.74 Å². The van der Waals surface area contributed by atoms with Crippen molar-refractivity contribution in [2.45, 2.75) is 50.3 Å². The number of piperidine rings is 1. The van der Waals surface area contributed by atoms with Crippen LogP contribution in [0.1, 0.15) is 31.2 Å². The summed E-state index contributed by atoms with van der Waals surface area (Å²) < 4.78 is 32.6. The number of benzene rings is 1. The summed E-state index contributed by atoms with van der Waals surface area (Å²) in [5, 5.41) is 10.5. The molecule has 0 unspecified atom stereocenters. The Kier molecular flexibility index (Phi) is 6.55. The summed E-state index contributed by atoms with van der Waals surface area (Å²) >= 11 is 0. The van der Waals surface area contributed by atoms with E-state index in [0.29, 0.717) is 52.3 Å². The third-order valence-electron chi connectivity index (χ3n) is 6.46. The van der Waals surface area contributed by atoms with Crippen molar-refractivity contribution in [1.29, 1.82) is 0 Å². The number of nitrogens with zero attached hydrogens (tertiary/aromatic N) is 3. The second-order valence-corrected chi connectivity index (χ2v) is 8.70. The number of ether oxygens (including phenoxy) is 1. The first kappa shape index (κ1) is 21.5. The molecule has 0 spiro atoms. The van der Waals surface area contributed by atoms with E-state index in [2.05, 4.69) is 4.90 Å². The molecule has 4 rings (SSSR count). The van der Waals surface area contributed by atoms with Gasteiger partial charge >= 0.3 is 0 Å². The summed E-state index contributed by atoms with van der Waals surface area (Å²) in [4.78, 5) is 17.6. The Balaban J connectivity index is 1.22. The number of aliphatic hydroxyl groups is 1. The number of aliphatic hydroxyl groups excluding tert-OH is 1. The molecule has 1 aromatic rings. The van der Waals surface area contributed by atoms with E-state index < -0.39 is 12.0 Å². The molecule has 0 aromatic heterocycles. The van der Waals surface area contributed by atoms with Crippen LogP contribution in [0.5, 0.6) is 5.75 Å². The molecule has 2 atom stereocenters. The molecular weight excluding hydrogens is 392 g/mol. The summed E-state index contributed by atoms with van der Waals surface area (Å²) in [5.74, 6) is -1.58. The monoisotopic (exact) mass is 423 g/mol. The molecule has 30 heavy (non-hydrogen) atoms. The van der Waals surface area contributed by atoms with Gasteiger partial charge in [0.05, 0.1) is 12.6 Å². The zero-order valence-electron chi connectivity index (χ0n) is 17.3. The summed E-state index contributed by atoms with van der Waals surface area (Å²) in [7, 11) is 0. The number of carbonyl (C=O) groups is 1. The van der Waals surface area contributed by atoms with Crippen molar-refractivity contribution in [1.82, 2.24) is 14.7 Å². The lowest BCUT2D eigenvalue weighted by Crippen LogP contribution is -2.49. The molecule has 3 aliphatic rings. The van der Waals surface area contributed by atoms with Gasteiger partial charge in [-0.1, -0.05) is 12.1 Å². The van der Waals surface area contributed by atoms with E-state index in [1.165, 1.54) is 0 Å². The van der Waals surface area contributed by atoms with E-state index in [1.54, 1.807) is 0 Å². The summed E-state index contributed by atoms with van der Waals surface area (Å²) in [6.45, 7) is 4.57. The second kappa shape index (κ2) is 9.16. The minimum Gasteiger partial charge on any atom is -0.492 e. The first-order valence-corrected chi connectivity index (χ1v) is 10.9. The molecule has 0 bridgehead atoms. The number of amides is 1. The van der Waals surface area contributed by atoms with Crippen molar-refractivity contribution in [3.63, 3.8) is 0 Å². The third-order valence-corrected chi connectivity index (χ3v) is 6.46. The number of β-amino-alcohol motifs (C(OH)–C–C–N with tert-alkyl or cyclic N) is 1. The van der Waals surface area contributed by atoms with Crippen LogP contribution in [-0.4, -0.2) is 89.7 Å². The van der Waals surface area contributed by atoms with Gasteiger partial charge in [-0.25, -0.2) is 8.78 Å². The van der Waals surface area contributed by atoms with Gasteiger partial charge in [-0.3, -0.25) is 14.6 Å². The molecular formula is C22H31F2N3O3. The Hall–Kier alpha value is -1.77. The molecule has 1 aromatic carbocycles. The van der Waals surface area contributed by atoms with E-state index >= 15 is 0 Å². The molecule has 8 heteroatoms. The third kappa shape index (κ3) is 5.28. The van der Waals surface area contributed by atoms with Crippen LogP contribution in [0.25, 0.3) is 0 Å². The first-order valence-electron chi connectivity index (χ1n) is 10.9. The van der Waals surface area contributed by atoms with Crippen molar-refractivity contribution in [2.75, 3.05) is 45.9 Å². The maximum Gasteiger partial charge on any atom is 0.250 e. The van der Waals surface area contributed by atoms with Gasteiger partial charge in [-0.15, -0.1) is 0 Å². The zero-order chi connectivity index (χ0) is 21.1. The fourth-order valence-corrected chi connectivity index (χ4v) is 4.68. The topological polar surface area (TPSA) is 56.3 Å². The predicted molar refractivity (Wildman–Crippen MR) is 109 cm³/mol. The van der Waals surface area contributed by atoms with Gasteiger partial charge in [0.1, 0.15) is 12.4 Å². The molecule has 0 radical (unpaired) electrons. The predicted octanol–water partition coefficient (Wildman–Crippen LogP) is 1.96. The normalized spacial score (nSPS) is 27.7. The maximum atomic E-state index is 13.4. The minimum absolute atomic E-state index is 0.0722. The Labute approximate surface area is 176 Å². The smallest absolute Gasteiger partial charge is 0.250 e. The highest BCUT2D eigenvalue weighted by atomic mass is 19.3. The quantitative estimate of drug-likeness (QED) is 0.727. The van der Waals surface area contributed by atoms with Gasteiger partial charge < -0.3 is 14.7 Å². The molecule has 166 valence electrons. The van der Waals surface area contributed by atoms with Gasteiger partial charge in [-0.05, 0) is 24.1 Å². The highest BCUT2D eigenvalue weighted by Crippen LogP contribution is 2.30. The highest BCUT2D eigenvalue weighted by Gasteiger charge is 2.41. The molecule has 0 saturated carbocycles. The van der Waals surface area contributed by atoms with E-state index in [9.17, 15) is 18.7 Å². The zero-order valence-corrected chi connectivity index (χ0v) is 17.3. The van der Waals surface area contributed by atoms with E-state index in [1.807, 2.05) is 34.1 Å². The molecule has 3 saturated heterocycles. The van der Waals surface area contributed by atoms with Crippen LogP contribution in [-0.2, 0) is 11.3 Å². The number of halogens is 2. The number of hydrogen-bond donors (Lipinski definition) is 1. The van der Waals surface area contributed by atoms with Gasteiger partial charge in [0.15, 0.2) is 0 Å². The Morgan fingerprint density at radius 3 is 2.50 bits per heavy atom. The average molecular weight is 424 g/mol. The number of hydrogen-bond acceptors (Lipinski definition) is 5. The average Bonchev–Trinajstić information content (AvgIpc) is 3.28. The lowest BCUT2D eigenvalue weighted by Gasteiger charge is -2.36. The molecule has 1 N–H and O–H groups in total. The fourth-order valence-electron chi connectivity index (χ4n) is 4.68. The van der Waals surface area contributed by atoms with Gasteiger partial charge in [0.2, 0.25) is 5.91 Å². The number of rotatable bonds is 7. The van der Waals surface area contributed by atoms with Gasteiger partial charge in [-0.2, -0.15) is 0 Å². The summed E-state index contributed by atoms with van der Waals surface area (Å²) in [6, 6.07) is 7.81. The van der Waals surface area contributed by atoms with E-state index in [-0.39, 0.29) is 24.8 Å². The Morgan fingerprint density at radius 2 is 1.83 bits per heavy atom. The van der Waals surface area contributed by atoms with Crippen LogP contribution in [0.3, 0.4) is 0 Å². The first-order chi connectivity index (χ1) is 14.4. The van der Waals surface area contributed by atoms with Gasteiger partial charge in [0, 0.05) is 64.6 Å². The van der Waals surface area contributed by atoms with Crippen LogP contribution in [0.15, 0.2) is 24.3 Å². The number of likely N-dealkylation sites (tertiary alicyclic amines) is 3. The Morgan fingerprint density at radius 1 is 1.10 bits per heavy atom. The molecule has 0 aliphatic carbocycles. The minimum atomic E-state index is -2.56. The fraction of sp³-hybridized carbons (Fsp3) is 0.682. The largest absolute Gasteiger partial charge is 0.492 e. The molecule has 3 fully saturated rings. The number of alkyl halides is 2. The van der Waals surface area contributed by atoms with Crippen LogP contribution in [0.2, 0.25) is 0 Å². The van der Waals surface area contributed by atoms with Crippen LogP contribution in [0.4, 0.5) is 8.78 Å². The van der Waals surface area contributed by atoms with Crippen molar-refractivity contribution >= 4 is 5.91 Å². The van der Waals surface area contributed by atoms with Crippen molar-refractivity contribution < 1.29 is 23.4 Å². The lowest BCUT2D eigenvalue weighted by atomic mass is 10.0. The Bertz CT molecular complexity index is 721. The van der Waals surface area contributed by atoms with Crippen molar-refractivity contribution in [3.05, 3.63) is 29.8 Å². The van der Waals surface area contributed by atoms with E-state index in [4.69, 9.17) is 4.74 Å².